The van der Waals surface area contributed by atoms with Crippen LogP contribution in [0.5, 0.6) is 0 Å². The number of carbonyl (C=O) groups excluding carboxylic acids is 2. The van der Waals surface area contributed by atoms with Crippen LogP contribution in [0.2, 0.25) is 0 Å². The molecule has 2 heterocycles. The van der Waals surface area contributed by atoms with Gasteiger partial charge in [0.15, 0.2) is 0 Å². The van der Waals surface area contributed by atoms with E-state index in [1.165, 1.54) is 0 Å². The Morgan fingerprint density at radius 3 is 1.40 bits per heavy atom. The Morgan fingerprint density at radius 1 is 0.650 bits per heavy atom. The molecule has 8 nitrogen and oxygen atoms in total. The third-order valence-corrected chi connectivity index (χ3v) is 8.09. The zero-order chi connectivity index (χ0) is 28.3. The van der Waals surface area contributed by atoms with Crippen molar-refractivity contribution in [2.75, 3.05) is 66.1 Å². The number of benzene rings is 2. The summed E-state index contributed by atoms with van der Waals surface area (Å²) in [4.78, 5) is 25.0. The molecular weight excluding hydrogens is 512 g/mol. The molecule has 4 rings (SSSR count). The second kappa shape index (κ2) is 14.9. The zero-order valence-electron chi connectivity index (χ0n) is 24.0. The van der Waals surface area contributed by atoms with E-state index in [0.29, 0.717) is 37.6 Å². The van der Waals surface area contributed by atoms with Crippen LogP contribution in [0.3, 0.4) is 0 Å². The Morgan fingerprint density at radius 2 is 1.05 bits per heavy atom. The topological polar surface area (TPSA) is 89.5 Å². The molecular formula is C32H44O8. The number of esters is 2. The number of carbonyl (C=O) groups is 2. The Balaban J connectivity index is 1.11. The van der Waals surface area contributed by atoms with Gasteiger partial charge >= 0.3 is 11.9 Å². The van der Waals surface area contributed by atoms with Gasteiger partial charge in [0.1, 0.15) is 0 Å². The van der Waals surface area contributed by atoms with Crippen molar-refractivity contribution < 1.29 is 38.0 Å². The maximum absolute atomic E-state index is 12.5. The molecule has 0 atom stereocenters. The third-order valence-electron chi connectivity index (χ3n) is 8.09. The Kier molecular flexibility index (Phi) is 11.4. The lowest BCUT2D eigenvalue weighted by Gasteiger charge is -2.40. The number of fused-ring (bicyclic) bond motifs is 1. The summed E-state index contributed by atoms with van der Waals surface area (Å²) in [7, 11) is 0. The number of hydrogen-bond acceptors (Lipinski definition) is 8. The van der Waals surface area contributed by atoms with Gasteiger partial charge in [-0.1, -0.05) is 26.0 Å². The predicted molar refractivity (Wildman–Crippen MR) is 152 cm³/mol. The van der Waals surface area contributed by atoms with Gasteiger partial charge in [0.25, 0.3) is 0 Å². The van der Waals surface area contributed by atoms with Crippen LogP contribution in [0.1, 0.15) is 73.1 Å². The molecule has 0 amide bonds. The van der Waals surface area contributed by atoms with Crippen molar-refractivity contribution in [3.63, 3.8) is 0 Å². The molecule has 0 N–H and O–H groups in total. The molecule has 0 saturated carbocycles. The van der Waals surface area contributed by atoms with Crippen molar-refractivity contribution in [2.45, 2.75) is 52.4 Å². The number of hydrogen-bond donors (Lipinski definition) is 0. The fourth-order valence-corrected chi connectivity index (χ4v) is 4.75. The second-order valence-electron chi connectivity index (χ2n) is 11.3. The minimum absolute atomic E-state index is 0.197. The minimum atomic E-state index is -0.349. The van der Waals surface area contributed by atoms with Crippen LogP contribution >= 0.6 is 0 Å². The lowest BCUT2D eigenvalue weighted by molar-refractivity contribution is -0.150. The number of rotatable bonds is 18. The molecule has 220 valence electrons. The second-order valence-corrected chi connectivity index (χ2v) is 11.3. The van der Waals surface area contributed by atoms with E-state index < -0.39 is 0 Å². The fraction of sp³-hybridized carbons (Fsp3) is 0.625. The molecule has 2 fully saturated rings. The summed E-state index contributed by atoms with van der Waals surface area (Å²) in [6.45, 7) is 10.9. The van der Waals surface area contributed by atoms with Gasteiger partial charge < -0.3 is 28.4 Å². The molecule has 2 saturated heterocycles. The Labute approximate surface area is 237 Å². The summed E-state index contributed by atoms with van der Waals surface area (Å²) < 4.78 is 33.1. The summed E-state index contributed by atoms with van der Waals surface area (Å²) in [5.74, 6) is -0.699. The Bertz CT molecular complexity index is 1010. The SMILES string of the molecule is CCC1(COCCCCOC(=O)c2ccc3cc(C(=O)OCCCCOCC4(CC)COC4)ccc3c2)COC1. The number of unbranched alkanes of at least 4 members (excludes halogenated alkanes) is 2. The van der Waals surface area contributed by atoms with Crippen molar-refractivity contribution in [2.24, 2.45) is 10.8 Å². The predicted octanol–water partition coefficient (Wildman–Crippen LogP) is 5.60. The van der Waals surface area contributed by atoms with Gasteiger partial charge in [-0.15, -0.1) is 0 Å². The maximum atomic E-state index is 12.5. The molecule has 2 aliphatic heterocycles. The van der Waals surface area contributed by atoms with Crippen molar-refractivity contribution in [1.29, 1.82) is 0 Å². The maximum Gasteiger partial charge on any atom is 0.338 e. The normalized spacial score (nSPS) is 17.1. The van der Waals surface area contributed by atoms with Crippen LogP contribution in [-0.2, 0) is 28.4 Å². The van der Waals surface area contributed by atoms with E-state index in [1.807, 2.05) is 12.1 Å². The molecule has 40 heavy (non-hydrogen) atoms. The van der Waals surface area contributed by atoms with Crippen LogP contribution in [0.25, 0.3) is 10.8 Å². The molecule has 2 aromatic carbocycles. The largest absolute Gasteiger partial charge is 0.462 e. The van der Waals surface area contributed by atoms with Gasteiger partial charge in [0.05, 0.1) is 64.0 Å². The van der Waals surface area contributed by atoms with E-state index in [-0.39, 0.29) is 22.8 Å². The van der Waals surface area contributed by atoms with Gasteiger partial charge in [-0.25, -0.2) is 9.59 Å². The molecule has 0 aliphatic carbocycles. The highest BCUT2D eigenvalue weighted by Crippen LogP contribution is 2.32. The summed E-state index contributed by atoms with van der Waals surface area (Å²) in [6, 6.07) is 10.7. The van der Waals surface area contributed by atoms with Crippen LogP contribution in [0.4, 0.5) is 0 Å². The van der Waals surface area contributed by atoms with Crippen LogP contribution in [0, 0.1) is 10.8 Å². The van der Waals surface area contributed by atoms with Crippen molar-refractivity contribution in [3.05, 3.63) is 47.5 Å². The lowest BCUT2D eigenvalue weighted by atomic mass is 9.84. The van der Waals surface area contributed by atoms with Crippen LogP contribution in [-0.4, -0.2) is 78.0 Å². The van der Waals surface area contributed by atoms with Crippen molar-refractivity contribution in [1.82, 2.24) is 0 Å². The first-order valence-electron chi connectivity index (χ1n) is 14.7. The van der Waals surface area contributed by atoms with Gasteiger partial charge in [-0.05, 0) is 73.6 Å². The standard InChI is InChI=1S/C32H44O8/c1-3-31(21-37-22-31)19-35-13-5-7-15-39-29(33)27-11-9-26-18-28(12-10-25(26)17-27)30(34)40-16-8-6-14-36-20-32(4-2)23-38-24-32/h9-12,17-18H,3-8,13-16,19-24H2,1-2H3. The first-order valence-corrected chi connectivity index (χ1v) is 14.7. The minimum Gasteiger partial charge on any atom is -0.462 e. The molecule has 0 bridgehead atoms. The van der Waals surface area contributed by atoms with E-state index in [1.54, 1.807) is 24.3 Å². The van der Waals surface area contributed by atoms with Gasteiger partial charge in [-0.2, -0.15) is 0 Å². The molecule has 2 aromatic rings. The highest BCUT2D eigenvalue weighted by Gasteiger charge is 2.37. The Hall–Kier alpha value is -2.52. The highest BCUT2D eigenvalue weighted by molar-refractivity contribution is 5.99. The fourth-order valence-electron chi connectivity index (χ4n) is 4.75. The summed E-state index contributed by atoms with van der Waals surface area (Å²) in [5, 5.41) is 1.73. The van der Waals surface area contributed by atoms with Gasteiger partial charge in [-0.3, -0.25) is 0 Å². The quantitative estimate of drug-likeness (QED) is 0.173. The first kappa shape index (κ1) is 30.4. The van der Waals surface area contributed by atoms with E-state index in [0.717, 1.165) is 88.9 Å². The monoisotopic (exact) mass is 556 g/mol. The van der Waals surface area contributed by atoms with Gasteiger partial charge in [0.2, 0.25) is 0 Å². The molecule has 0 aromatic heterocycles. The van der Waals surface area contributed by atoms with E-state index in [2.05, 4.69) is 13.8 Å². The summed E-state index contributed by atoms with van der Waals surface area (Å²) in [6.07, 6.45) is 5.32. The molecule has 0 radical (unpaired) electrons. The van der Waals surface area contributed by atoms with Gasteiger partial charge in [0, 0.05) is 24.0 Å². The first-order chi connectivity index (χ1) is 19.5. The average molecular weight is 557 g/mol. The molecule has 8 heteroatoms. The molecule has 2 aliphatic rings. The zero-order valence-corrected chi connectivity index (χ0v) is 24.0. The van der Waals surface area contributed by atoms with Crippen LogP contribution < -0.4 is 0 Å². The lowest BCUT2D eigenvalue weighted by Crippen LogP contribution is -2.45. The number of ether oxygens (including phenoxy) is 6. The third kappa shape index (κ3) is 8.26. The highest BCUT2D eigenvalue weighted by atomic mass is 16.5. The summed E-state index contributed by atoms with van der Waals surface area (Å²) >= 11 is 0. The smallest absolute Gasteiger partial charge is 0.338 e. The van der Waals surface area contributed by atoms with Crippen molar-refractivity contribution in [3.8, 4) is 0 Å². The molecule has 0 unspecified atom stereocenters. The van der Waals surface area contributed by atoms with Crippen LogP contribution in [0.15, 0.2) is 36.4 Å². The van der Waals surface area contributed by atoms with E-state index in [9.17, 15) is 9.59 Å². The van der Waals surface area contributed by atoms with Crippen molar-refractivity contribution >= 4 is 22.7 Å². The summed E-state index contributed by atoms with van der Waals surface area (Å²) in [5.41, 5.74) is 1.38. The molecule has 0 spiro atoms. The average Bonchev–Trinajstić information content (AvgIpc) is 2.93. The van der Waals surface area contributed by atoms with E-state index in [4.69, 9.17) is 28.4 Å². The van der Waals surface area contributed by atoms with E-state index >= 15 is 0 Å².